The molecule has 2 rings (SSSR count). The summed E-state index contributed by atoms with van der Waals surface area (Å²) in [6, 6.07) is 13.5. The zero-order valence-corrected chi connectivity index (χ0v) is 11.8. The van der Waals surface area contributed by atoms with Gasteiger partial charge in [0.15, 0.2) is 0 Å². The maximum Gasteiger partial charge on any atom is 0.243 e. The molecule has 5 heteroatoms. The van der Waals surface area contributed by atoms with E-state index in [0.29, 0.717) is 17.9 Å². The van der Waals surface area contributed by atoms with Gasteiger partial charge in [-0.1, -0.05) is 18.2 Å². The van der Waals surface area contributed by atoms with Gasteiger partial charge < -0.3 is 16.0 Å². The lowest BCUT2D eigenvalue weighted by atomic mass is 10.2. The SMILES string of the molecule is CCN(CC(=O)Nc1cc(F)ccc1N)c1ccccc1. The van der Waals surface area contributed by atoms with Crippen LogP contribution in [0.2, 0.25) is 0 Å². The second-order valence-corrected chi connectivity index (χ2v) is 4.63. The van der Waals surface area contributed by atoms with Crippen LogP contribution in [-0.4, -0.2) is 19.0 Å². The standard InChI is InChI=1S/C16H18FN3O/c1-2-20(13-6-4-3-5-7-13)11-16(21)19-15-10-12(17)8-9-14(15)18/h3-10H,2,11,18H2,1H3,(H,19,21). The Kier molecular flexibility index (Phi) is 4.77. The number of benzene rings is 2. The van der Waals surface area contributed by atoms with Crippen molar-refractivity contribution in [3.05, 3.63) is 54.3 Å². The van der Waals surface area contributed by atoms with Crippen LogP contribution in [0, 0.1) is 5.82 Å². The van der Waals surface area contributed by atoms with Crippen LogP contribution < -0.4 is 16.0 Å². The van der Waals surface area contributed by atoms with Gasteiger partial charge in [0.1, 0.15) is 5.82 Å². The Hall–Kier alpha value is -2.56. The predicted octanol–water partition coefficient (Wildman–Crippen LogP) is 2.87. The van der Waals surface area contributed by atoms with Gasteiger partial charge in [0, 0.05) is 12.2 Å². The molecule has 4 nitrogen and oxygen atoms in total. The van der Waals surface area contributed by atoms with E-state index in [0.717, 1.165) is 5.69 Å². The Morgan fingerprint density at radius 1 is 1.24 bits per heavy atom. The minimum Gasteiger partial charge on any atom is -0.397 e. The number of rotatable bonds is 5. The topological polar surface area (TPSA) is 58.4 Å². The highest BCUT2D eigenvalue weighted by Gasteiger charge is 2.11. The van der Waals surface area contributed by atoms with Crippen LogP contribution in [0.15, 0.2) is 48.5 Å². The highest BCUT2D eigenvalue weighted by atomic mass is 19.1. The van der Waals surface area contributed by atoms with E-state index in [9.17, 15) is 9.18 Å². The third-order valence-electron chi connectivity index (χ3n) is 3.13. The number of hydrogen-bond donors (Lipinski definition) is 2. The van der Waals surface area contributed by atoms with Gasteiger partial charge in [0.2, 0.25) is 5.91 Å². The lowest BCUT2D eigenvalue weighted by Gasteiger charge is -2.22. The molecule has 0 heterocycles. The van der Waals surface area contributed by atoms with E-state index in [-0.39, 0.29) is 12.5 Å². The monoisotopic (exact) mass is 287 g/mol. The predicted molar refractivity (Wildman–Crippen MR) is 83.8 cm³/mol. The zero-order valence-electron chi connectivity index (χ0n) is 11.8. The van der Waals surface area contributed by atoms with Crippen LogP contribution in [0.1, 0.15) is 6.92 Å². The quantitative estimate of drug-likeness (QED) is 0.831. The minimum absolute atomic E-state index is 0.177. The first kappa shape index (κ1) is 14.8. The summed E-state index contributed by atoms with van der Waals surface area (Å²) in [5.41, 5.74) is 7.31. The zero-order chi connectivity index (χ0) is 15.2. The average molecular weight is 287 g/mol. The van der Waals surface area contributed by atoms with E-state index in [1.165, 1.54) is 18.2 Å². The number of nitrogens with one attached hydrogen (secondary N) is 1. The number of anilines is 3. The number of hydrogen-bond acceptors (Lipinski definition) is 3. The van der Waals surface area contributed by atoms with Crippen molar-refractivity contribution in [3.8, 4) is 0 Å². The number of para-hydroxylation sites is 1. The first-order valence-electron chi connectivity index (χ1n) is 6.75. The maximum atomic E-state index is 13.2. The molecule has 0 radical (unpaired) electrons. The Labute approximate surface area is 123 Å². The van der Waals surface area contributed by atoms with Crippen molar-refractivity contribution >= 4 is 23.0 Å². The minimum atomic E-state index is -0.435. The number of likely N-dealkylation sites (N-methyl/N-ethyl adjacent to an activating group) is 1. The lowest BCUT2D eigenvalue weighted by molar-refractivity contribution is -0.115. The normalized spacial score (nSPS) is 10.2. The number of nitrogens with zero attached hydrogens (tertiary/aromatic N) is 1. The average Bonchev–Trinajstić information content (AvgIpc) is 2.49. The van der Waals surface area contributed by atoms with Crippen molar-refractivity contribution < 1.29 is 9.18 Å². The molecule has 0 saturated carbocycles. The highest BCUT2D eigenvalue weighted by Crippen LogP contribution is 2.19. The molecular weight excluding hydrogens is 269 g/mol. The van der Waals surface area contributed by atoms with E-state index in [1.54, 1.807) is 0 Å². The third-order valence-corrected chi connectivity index (χ3v) is 3.13. The molecule has 110 valence electrons. The Bertz CT molecular complexity index is 616. The molecular formula is C16H18FN3O. The molecule has 2 aromatic rings. The summed E-state index contributed by atoms with van der Waals surface area (Å²) < 4.78 is 13.2. The molecule has 21 heavy (non-hydrogen) atoms. The molecule has 0 spiro atoms. The molecule has 2 aromatic carbocycles. The third kappa shape index (κ3) is 3.95. The van der Waals surface area contributed by atoms with E-state index in [4.69, 9.17) is 5.73 Å². The van der Waals surface area contributed by atoms with Crippen LogP contribution in [-0.2, 0) is 4.79 Å². The first-order chi connectivity index (χ1) is 10.1. The van der Waals surface area contributed by atoms with Gasteiger partial charge in [-0.25, -0.2) is 4.39 Å². The molecule has 3 N–H and O–H groups in total. The van der Waals surface area contributed by atoms with Crippen molar-refractivity contribution in [2.75, 3.05) is 29.0 Å². The van der Waals surface area contributed by atoms with E-state index < -0.39 is 5.82 Å². The number of halogens is 1. The van der Waals surface area contributed by atoms with Crippen molar-refractivity contribution in [1.82, 2.24) is 0 Å². The molecule has 0 bridgehead atoms. The smallest absolute Gasteiger partial charge is 0.243 e. The first-order valence-corrected chi connectivity index (χ1v) is 6.75. The fourth-order valence-electron chi connectivity index (χ4n) is 2.02. The molecule has 0 unspecified atom stereocenters. The summed E-state index contributed by atoms with van der Waals surface area (Å²) >= 11 is 0. The Morgan fingerprint density at radius 2 is 1.95 bits per heavy atom. The highest BCUT2D eigenvalue weighted by molar-refractivity contribution is 5.96. The van der Waals surface area contributed by atoms with E-state index >= 15 is 0 Å². The van der Waals surface area contributed by atoms with E-state index in [1.807, 2.05) is 42.2 Å². The van der Waals surface area contributed by atoms with Crippen LogP contribution in [0.5, 0.6) is 0 Å². The summed E-state index contributed by atoms with van der Waals surface area (Å²) in [4.78, 5) is 14.0. The van der Waals surface area contributed by atoms with Gasteiger partial charge in [-0.3, -0.25) is 4.79 Å². The van der Waals surface area contributed by atoms with Gasteiger partial charge in [-0.15, -0.1) is 0 Å². The summed E-state index contributed by atoms with van der Waals surface area (Å²) in [5, 5.41) is 2.64. The molecule has 0 atom stereocenters. The molecule has 1 amide bonds. The fraction of sp³-hybridized carbons (Fsp3) is 0.188. The summed E-state index contributed by atoms with van der Waals surface area (Å²) in [7, 11) is 0. The second-order valence-electron chi connectivity index (χ2n) is 4.63. The number of carbonyl (C=O) groups is 1. The van der Waals surface area contributed by atoms with Crippen molar-refractivity contribution in [3.63, 3.8) is 0 Å². The molecule has 0 aliphatic rings. The van der Waals surface area contributed by atoms with Crippen LogP contribution in [0.4, 0.5) is 21.5 Å². The Morgan fingerprint density at radius 3 is 2.62 bits per heavy atom. The fourth-order valence-corrected chi connectivity index (χ4v) is 2.02. The van der Waals surface area contributed by atoms with Crippen molar-refractivity contribution in [1.29, 1.82) is 0 Å². The van der Waals surface area contributed by atoms with E-state index in [2.05, 4.69) is 5.32 Å². The van der Waals surface area contributed by atoms with Crippen molar-refractivity contribution in [2.24, 2.45) is 0 Å². The summed E-state index contributed by atoms with van der Waals surface area (Å²) in [6.45, 7) is 2.84. The summed E-state index contributed by atoms with van der Waals surface area (Å²) in [5.74, 6) is -0.673. The number of nitrogen functional groups attached to an aromatic ring is 1. The molecule has 0 aliphatic carbocycles. The molecule has 0 aliphatic heterocycles. The number of nitrogens with two attached hydrogens (primary N) is 1. The molecule has 0 aromatic heterocycles. The molecule has 0 saturated heterocycles. The Balaban J connectivity index is 2.05. The van der Waals surface area contributed by atoms with Crippen LogP contribution in [0.3, 0.4) is 0 Å². The van der Waals surface area contributed by atoms with Gasteiger partial charge in [0.05, 0.1) is 17.9 Å². The van der Waals surface area contributed by atoms with Crippen LogP contribution >= 0.6 is 0 Å². The van der Waals surface area contributed by atoms with Gasteiger partial charge in [0.25, 0.3) is 0 Å². The molecule has 0 fully saturated rings. The maximum absolute atomic E-state index is 13.2. The van der Waals surface area contributed by atoms with Gasteiger partial charge >= 0.3 is 0 Å². The van der Waals surface area contributed by atoms with Crippen LogP contribution in [0.25, 0.3) is 0 Å². The lowest BCUT2D eigenvalue weighted by Crippen LogP contribution is -2.33. The second kappa shape index (κ2) is 6.74. The van der Waals surface area contributed by atoms with Gasteiger partial charge in [-0.2, -0.15) is 0 Å². The number of carbonyl (C=O) groups excluding carboxylic acids is 1. The van der Waals surface area contributed by atoms with Gasteiger partial charge in [-0.05, 0) is 37.3 Å². The number of amides is 1. The largest absolute Gasteiger partial charge is 0.397 e. The van der Waals surface area contributed by atoms with Crippen molar-refractivity contribution in [2.45, 2.75) is 6.92 Å². The summed E-state index contributed by atoms with van der Waals surface area (Å²) in [6.07, 6.45) is 0.